The second-order valence-corrected chi connectivity index (χ2v) is 20.0. The first-order valence-electron chi connectivity index (χ1n) is 23.8. The van der Waals surface area contributed by atoms with Gasteiger partial charge in [0.25, 0.3) is 7.82 Å². The number of nitrogens with two attached hydrogens (primary N) is 1. The maximum atomic E-state index is 13.2. The number of likely N-dealkylation sites (N-methyl/N-ethyl adjacent to an activating group) is 1. The van der Waals surface area contributed by atoms with Crippen LogP contribution in [0.15, 0.2) is 48.6 Å². The molecule has 0 aliphatic carbocycles. The van der Waals surface area contributed by atoms with Crippen molar-refractivity contribution < 1.29 is 57.1 Å². The lowest BCUT2D eigenvalue weighted by Gasteiger charge is -2.28. The van der Waals surface area contributed by atoms with Gasteiger partial charge in [0.1, 0.15) is 25.8 Å². The molecule has 0 bridgehead atoms. The summed E-state index contributed by atoms with van der Waals surface area (Å²) in [5.41, 5.74) is 6.23. The van der Waals surface area contributed by atoms with E-state index in [9.17, 15) is 28.9 Å². The van der Waals surface area contributed by atoms with Crippen LogP contribution in [0.1, 0.15) is 162 Å². The fourth-order valence-electron chi connectivity index (χ4n) is 6.20. The van der Waals surface area contributed by atoms with E-state index in [0.717, 1.165) is 32.1 Å². The minimum absolute atomic E-state index is 0.0126. The number of ether oxygens (including phenoxy) is 2. The standard InChI is InChI=1S/C48H87N2O11PS/c1-6-8-10-12-14-16-18-20-21-23-25-27-29-31-36-47(54)58-39-42(40-60-62(56,57)59-38-37-50(3,4)5)61-48(55)43(49)41-63-45(44(51)33-32-35-46(52)53)34-30-28-26-24-22-19-17-15-13-11-9-7-2/h15,17,22,24,26,28,30,34,42-45,51H,6-14,16,18-21,23,25,27,29,31-33,35-41,49H2,1-5H3,(H-,52,53,56,57)/b17-15-,24-22-,28-26+,34-30+/t42-,43+,44+,45-/m1/s1. The maximum Gasteiger partial charge on any atom is 0.324 e. The first-order chi connectivity index (χ1) is 30.1. The average Bonchev–Trinajstić information content (AvgIpc) is 3.22. The van der Waals surface area contributed by atoms with Gasteiger partial charge in [0, 0.05) is 23.8 Å². The van der Waals surface area contributed by atoms with Crippen LogP contribution in [0.5, 0.6) is 0 Å². The summed E-state index contributed by atoms with van der Waals surface area (Å²) in [7, 11) is 0.866. The van der Waals surface area contributed by atoms with E-state index in [1.54, 1.807) is 12.2 Å². The Morgan fingerprint density at radius 2 is 1.33 bits per heavy atom. The normalized spacial score (nSPS) is 15.3. The molecular weight excluding hydrogens is 844 g/mol. The Hall–Kier alpha value is -2.29. The molecule has 0 rings (SSSR count). The Kier molecular flexibility index (Phi) is 38.6. The molecule has 0 heterocycles. The maximum absolute atomic E-state index is 13.2. The monoisotopic (exact) mass is 931 g/mol. The summed E-state index contributed by atoms with van der Waals surface area (Å²) in [5.74, 6) is -2.32. The van der Waals surface area contributed by atoms with Gasteiger partial charge in [-0.2, -0.15) is 0 Å². The van der Waals surface area contributed by atoms with E-state index in [4.69, 9.17) is 29.4 Å². The molecule has 0 aliphatic heterocycles. The lowest BCUT2D eigenvalue weighted by atomic mass is 10.0. The molecule has 13 nitrogen and oxygen atoms in total. The number of rotatable bonds is 43. The van der Waals surface area contributed by atoms with E-state index in [2.05, 4.69) is 26.0 Å². The quantitative estimate of drug-likeness (QED) is 0.0131. The van der Waals surface area contributed by atoms with Crippen molar-refractivity contribution in [1.29, 1.82) is 0 Å². The molecule has 5 atom stereocenters. The van der Waals surface area contributed by atoms with Gasteiger partial charge >= 0.3 is 17.9 Å². The molecule has 0 radical (unpaired) electrons. The van der Waals surface area contributed by atoms with Crippen LogP contribution in [-0.2, 0) is 37.5 Å². The second kappa shape index (κ2) is 40.0. The Bertz CT molecular complexity index is 1340. The number of thioether (sulfide) groups is 1. The molecule has 0 fully saturated rings. The Morgan fingerprint density at radius 3 is 1.94 bits per heavy atom. The van der Waals surface area contributed by atoms with Gasteiger partial charge in [0.2, 0.25) is 0 Å². The molecule has 0 aromatic carbocycles. The Morgan fingerprint density at radius 1 is 0.746 bits per heavy atom. The molecule has 0 aromatic heterocycles. The lowest BCUT2D eigenvalue weighted by molar-refractivity contribution is -0.870. The summed E-state index contributed by atoms with van der Waals surface area (Å²) < 4.78 is 34.0. The zero-order valence-corrected chi connectivity index (χ0v) is 41.4. The number of phosphoric ester groups is 1. The van der Waals surface area contributed by atoms with Crippen LogP contribution in [0, 0.1) is 0 Å². The Balaban J connectivity index is 5.26. The summed E-state index contributed by atoms with van der Waals surface area (Å²) in [5, 5.41) is 19.5. The highest BCUT2D eigenvalue weighted by molar-refractivity contribution is 8.00. The van der Waals surface area contributed by atoms with Crippen LogP contribution in [0.2, 0.25) is 0 Å². The summed E-state index contributed by atoms with van der Waals surface area (Å²) in [6.45, 7) is 3.61. The molecule has 0 saturated carbocycles. The van der Waals surface area contributed by atoms with Gasteiger partial charge in [-0.3, -0.25) is 18.9 Å². The Labute approximate surface area is 385 Å². The number of aliphatic carboxylic acids is 1. The smallest absolute Gasteiger partial charge is 0.324 e. The van der Waals surface area contributed by atoms with Gasteiger partial charge < -0.3 is 43.8 Å². The number of esters is 2. The molecule has 0 aromatic rings. The van der Waals surface area contributed by atoms with Crippen LogP contribution in [0.25, 0.3) is 0 Å². The number of aliphatic hydroxyl groups excluding tert-OH is 1. The number of nitrogens with zero attached hydrogens (tertiary/aromatic N) is 1. The van der Waals surface area contributed by atoms with E-state index in [0.29, 0.717) is 17.4 Å². The molecule has 0 saturated heterocycles. The average molecular weight is 931 g/mol. The van der Waals surface area contributed by atoms with E-state index < -0.39 is 62.4 Å². The molecule has 0 spiro atoms. The molecule has 0 aliphatic rings. The van der Waals surface area contributed by atoms with Gasteiger partial charge in [-0.1, -0.05) is 159 Å². The van der Waals surface area contributed by atoms with Crippen LogP contribution < -0.4 is 10.6 Å². The second-order valence-electron chi connectivity index (χ2n) is 17.3. The molecule has 63 heavy (non-hydrogen) atoms. The first kappa shape index (κ1) is 60.7. The number of aliphatic hydroxyl groups is 1. The number of hydrogen-bond donors (Lipinski definition) is 3. The molecular formula is C48H87N2O11PS. The zero-order valence-electron chi connectivity index (χ0n) is 39.7. The van der Waals surface area contributed by atoms with E-state index in [-0.39, 0.29) is 38.0 Å². The molecule has 0 amide bonds. The molecule has 366 valence electrons. The number of allylic oxidation sites excluding steroid dienone is 7. The number of carbonyl (C=O) groups is 3. The van der Waals surface area contributed by atoms with Crippen molar-refractivity contribution in [2.75, 3.05) is 53.3 Å². The van der Waals surface area contributed by atoms with Crippen molar-refractivity contribution in [2.45, 2.75) is 185 Å². The molecule has 4 N–H and O–H groups in total. The predicted octanol–water partition coefficient (Wildman–Crippen LogP) is 9.76. The number of quaternary nitrogens is 1. The highest BCUT2D eigenvalue weighted by Crippen LogP contribution is 2.38. The van der Waals surface area contributed by atoms with Crippen LogP contribution in [0.3, 0.4) is 0 Å². The van der Waals surface area contributed by atoms with Gasteiger partial charge in [-0.15, -0.1) is 11.8 Å². The summed E-state index contributed by atoms with van der Waals surface area (Å²) in [4.78, 5) is 49.5. The summed E-state index contributed by atoms with van der Waals surface area (Å²) in [6.07, 6.45) is 36.1. The van der Waals surface area contributed by atoms with Crippen LogP contribution in [0.4, 0.5) is 0 Å². The van der Waals surface area contributed by atoms with E-state index >= 15 is 0 Å². The molecule has 15 heteroatoms. The van der Waals surface area contributed by atoms with Crippen molar-refractivity contribution in [3.8, 4) is 0 Å². The number of carboxylic acid groups (broad SMARTS) is 1. The van der Waals surface area contributed by atoms with Gasteiger partial charge in [0.15, 0.2) is 6.10 Å². The predicted molar refractivity (Wildman–Crippen MR) is 255 cm³/mol. The van der Waals surface area contributed by atoms with Crippen molar-refractivity contribution in [3.05, 3.63) is 48.6 Å². The number of carbonyl (C=O) groups excluding carboxylic acids is 2. The minimum atomic E-state index is -4.79. The number of phosphoric acid groups is 1. The van der Waals surface area contributed by atoms with Gasteiger partial charge in [0.05, 0.1) is 33.9 Å². The van der Waals surface area contributed by atoms with Crippen LogP contribution >= 0.6 is 19.6 Å². The SMILES string of the molecule is CCCCC/C=C\C\C=C/C=C/C=C/[C@@H](SC[C@H](N)C(=O)O[C@H](COC(=O)CCCCCCCCCCCCCCCC)COP(=O)([O-])OCC[N+](C)(C)C)[C@@H](O)CCCC(=O)O. The summed E-state index contributed by atoms with van der Waals surface area (Å²) >= 11 is 1.20. The first-order valence-corrected chi connectivity index (χ1v) is 26.3. The third kappa shape index (κ3) is 40.9. The third-order valence-electron chi connectivity index (χ3n) is 10.1. The highest BCUT2D eigenvalue weighted by atomic mass is 32.2. The molecule has 1 unspecified atom stereocenters. The number of carboxylic acids is 1. The number of unbranched alkanes of at least 4 members (excludes halogenated alkanes) is 16. The minimum Gasteiger partial charge on any atom is -0.756 e. The topological polar surface area (TPSA) is 195 Å². The third-order valence-corrected chi connectivity index (χ3v) is 12.5. The largest absolute Gasteiger partial charge is 0.756 e. The summed E-state index contributed by atoms with van der Waals surface area (Å²) in [6, 6.07) is -1.20. The van der Waals surface area contributed by atoms with Crippen LogP contribution in [-0.4, -0.2) is 109 Å². The van der Waals surface area contributed by atoms with Gasteiger partial charge in [-0.05, 0) is 38.5 Å². The zero-order chi connectivity index (χ0) is 47.0. The van der Waals surface area contributed by atoms with Crippen molar-refractivity contribution in [1.82, 2.24) is 0 Å². The fraction of sp³-hybridized carbons (Fsp3) is 0.771. The van der Waals surface area contributed by atoms with Gasteiger partial charge in [-0.25, -0.2) is 0 Å². The van der Waals surface area contributed by atoms with Crippen molar-refractivity contribution in [3.63, 3.8) is 0 Å². The van der Waals surface area contributed by atoms with Crippen molar-refractivity contribution >= 4 is 37.5 Å². The fourth-order valence-corrected chi connectivity index (χ4v) is 8.05. The highest BCUT2D eigenvalue weighted by Gasteiger charge is 2.26. The van der Waals surface area contributed by atoms with Crippen molar-refractivity contribution in [2.24, 2.45) is 5.73 Å². The number of hydrogen-bond acceptors (Lipinski definition) is 12. The van der Waals surface area contributed by atoms with E-state index in [1.807, 2.05) is 45.4 Å². The lowest BCUT2D eigenvalue weighted by Crippen LogP contribution is -2.40. The van der Waals surface area contributed by atoms with E-state index in [1.165, 1.54) is 95.2 Å².